The van der Waals surface area contributed by atoms with Crippen LogP contribution in [-0.4, -0.2) is 59.9 Å². The topological polar surface area (TPSA) is 156 Å². The van der Waals surface area contributed by atoms with Crippen molar-refractivity contribution >= 4 is 40.1 Å². The van der Waals surface area contributed by atoms with Gasteiger partial charge in [-0.05, 0) is 65.5 Å². The average Bonchev–Trinajstić information content (AvgIpc) is 3.69. The first-order chi connectivity index (χ1) is 21.9. The molecule has 1 aliphatic heterocycles. The third kappa shape index (κ3) is 5.73. The Balaban J connectivity index is 1.43. The number of hydrogen-bond donors (Lipinski definition) is 1. The number of Topliss-reactive ketones (excluding diaryl/α,β-unsaturated/α-hetero) is 1. The highest BCUT2D eigenvalue weighted by Gasteiger charge is 2.34. The van der Waals surface area contributed by atoms with Gasteiger partial charge in [-0.3, -0.25) is 27.9 Å². The molecule has 1 atom stereocenters. The van der Waals surface area contributed by atoms with Crippen LogP contribution in [0.4, 0.5) is 10.7 Å². The zero-order chi connectivity index (χ0) is 32.9. The van der Waals surface area contributed by atoms with Crippen LogP contribution in [0.25, 0.3) is 22.3 Å². The predicted molar refractivity (Wildman–Crippen MR) is 170 cm³/mol. The van der Waals surface area contributed by atoms with E-state index in [1.54, 1.807) is 44.4 Å². The highest BCUT2D eigenvalue weighted by atomic mass is 16.6. The van der Waals surface area contributed by atoms with Crippen LogP contribution in [0.3, 0.4) is 0 Å². The van der Waals surface area contributed by atoms with Gasteiger partial charge in [0, 0.05) is 32.2 Å². The first-order valence-electron chi connectivity index (χ1n) is 15.4. The van der Waals surface area contributed by atoms with Crippen molar-refractivity contribution in [1.82, 2.24) is 28.6 Å². The minimum atomic E-state index is -0.663. The van der Waals surface area contributed by atoms with Crippen molar-refractivity contribution in [2.45, 2.75) is 84.2 Å². The van der Waals surface area contributed by atoms with Crippen LogP contribution >= 0.6 is 0 Å². The lowest BCUT2D eigenvalue weighted by Crippen LogP contribution is -2.49. The van der Waals surface area contributed by atoms with E-state index in [4.69, 9.17) is 14.1 Å². The molecular formula is C32H37N7O7. The summed E-state index contributed by atoms with van der Waals surface area (Å²) in [5.41, 5.74) is -0.892. The number of fused-ring (bicyclic) bond motifs is 2. The Morgan fingerprint density at radius 1 is 1.13 bits per heavy atom. The fraction of sp³-hybridized carbons (Fsp3) is 0.500. The molecule has 3 aromatic heterocycles. The number of para-hydroxylation sites is 1. The van der Waals surface area contributed by atoms with Crippen LogP contribution in [0.1, 0.15) is 69.8 Å². The van der Waals surface area contributed by atoms with E-state index in [1.165, 1.54) is 22.2 Å². The van der Waals surface area contributed by atoms with E-state index in [-0.39, 0.29) is 40.9 Å². The van der Waals surface area contributed by atoms with Crippen LogP contribution in [-0.2, 0) is 24.9 Å². The van der Waals surface area contributed by atoms with Crippen LogP contribution in [0, 0.1) is 11.8 Å². The average molecular weight is 632 g/mol. The summed E-state index contributed by atoms with van der Waals surface area (Å²) in [6, 6.07) is 4.39. The van der Waals surface area contributed by atoms with Gasteiger partial charge >= 0.3 is 17.5 Å². The van der Waals surface area contributed by atoms with Crippen LogP contribution in [0.2, 0.25) is 0 Å². The van der Waals surface area contributed by atoms with Gasteiger partial charge in [-0.25, -0.2) is 14.4 Å². The van der Waals surface area contributed by atoms with Crippen LogP contribution < -0.4 is 27.2 Å². The fourth-order valence-corrected chi connectivity index (χ4v) is 5.94. The number of imidazole rings is 1. The Morgan fingerprint density at radius 3 is 2.59 bits per heavy atom. The van der Waals surface area contributed by atoms with Crippen molar-refractivity contribution in [3.8, 4) is 11.8 Å². The smallest absolute Gasteiger partial charge is 0.419 e. The van der Waals surface area contributed by atoms with Gasteiger partial charge < -0.3 is 19.4 Å². The molecule has 1 aromatic carbocycles. The van der Waals surface area contributed by atoms with Crippen molar-refractivity contribution in [1.29, 1.82) is 0 Å². The molecule has 0 spiro atoms. The third-order valence-electron chi connectivity index (χ3n) is 8.21. The number of amides is 1. The molecule has 2 aliphatic rings. The fourth-order valence-electron chi connectivity index (χ4n) is 5.94. The van der Waals surface area contributed by atoms with Crippen LogP contribution in [0.5, 0.6) is 0 Å². The summed E-state index contributed by atoms with van der Waals surface area (Å²) in [6.07, 6.45) is 2.44. The van der Waals surface area contributed by atoms with E-state index in [0.29, 0.717) is 24.6 Å². The summed E-state index contributed by atoms with van der Waals surface area (Å²) in [7, 11) is 1.53. The highest BCUT2D eigenvalue weighted by molar-refractivity contribution is 6.05. The molecule has 14 nitrogen and oxygen atoms in total. The first kappa shape index (κ1) is 30.9. The zero-order valence-corrected chi connectivity index (χ0v) is 26.6. The first-order valence-corrected chi connectivity index (χ1v) is 15.4. The maximum Gasteiger partial charge on any atom is 0.419 e. The highest BCUT2D eigenvalue weighted by Crippen LogP contribution is 2.36. The Hall–Kier alpha value is -5.06. The molecule has 1 amide bonds. The quantitative estimate of drug-likeness (QED) is 0.239. The SMILES string of the molecule is CC#CCn1c(N2CCC[C@@H](NC(=O)OC(C)(C)C)C2)nc2c1c(=O)n(CC(=O)c1cccc3c1oc(=O)n3C)c(=O)n2C1CC1. The summed E-state index contributed by atoms with van der Waals surface area (Å²) in [4.78, 5) is 73.3. The molecule has 14 heteroatoms. The largest absolute Gasteiger partial charge is 0.444 e. The van der Waals surface area contributed by atoms with E-state index in [9.17, 15) is 24.0 Å². The number of benzene rings is 1. The molecule has 0 radical (unpaired) electrons. The van der Waals surface area contributed by atoms with Gasteiger partial charge in [0.2, 0.25) is 5.95 Å². The number of alkyl carbamates (subject to hydrolysis) is 1. The monoisotopic (exact) mass is 631 g/mol. The standard InChI is InChI=1S/C32H37N7O7/c1-6-7-16-37-24-26(34-28(37)36-15-9-10-19(17-36)33-29(42)46-32(2,3)4)39(20-13-14-20)30(43)38(27(24)41)18-23(40)21-11-8-12-22-25(21)45-31(44)35(22)5/h8,11-12,19-20H,9-10,13-18H2,1-5H3,(H,33,42)/t19-/m1/s1. The molecule has 6 rings (SSSR count). The molecule has 1 N–H and O–H groups in total. The van der Waals surface area contributed by atoms with Crippen molar-refractivity contribution in [2.24, 2.45) is 7.05 Å². The molecule has 4 aromatic rings. The van der Waals surface area contributed by atoms with E-state index in [1.807, 2.05) is 4.90 Å². The Kier molecular flexibility index (Phi) is 7.87. The van der Waals surface area contributed by atoms with Gasteiger partial charge in [0.25, 0.3) is 5.56 Å². The number of anilines is 1. The number of nitrogens with one attached hydrogen (secondary N) is 1. The molecule has 0 bridgehead atoms. The lowest BCUT2D eigenvalue weighted by molar-refractivity contribution is 0.0499. The second kappa shape index (κ2) is 11.7. The second-order valence-corrected chi connectivity index (χ2v) is 12.8. The van der Waals surface area contributed by atoms with E-state index in [2.05, 4.69) is 17.2 Å². The third-order valence-corrected chi connectivity index (χ3v) is 8.21. The van der Waals surface area contributed by atoms with Gasteiger partial charge in [-0.1, -0.05) is 12.0 Å². The summed E-state index contributed by atoms with van der Waals surface area (Å²) >= 11 is 0. The lowest BCUT2D eigenvalue weighted by Gasteiger charge is -2.34. The maximum absolute atomic E-state index is 14.2. The number of aromatic nitrogens is 5. The molecule has 1 saturated heterocycles. The minimum absolute atomic E-state index is 0.0989. The molecule has 1 aliphatic carbocycles. The lowest BCUT2D eigenvalue weighted by atomic mass is 10.1. The van der Waals surface area contributed by atoms with E-state index >= 15 is 0 Å². The number of oxazole rings is 1. The minimum Gasteiger partial charge on any atom is -0.444 e. The number of ether oxygens (including phenoxy) is 1. The van der Waals surface area contributed by atoms with Crippen molar-refractivity contribution in [2.75, 3.05) is 18.0 Å². The number of hydrogen-bond acceptors (Lipinski definition) is 9. The summed E-state index contributed by atoms with van der Waals surface area (Å²) in [5.74, 6) is 5.17. The molecule has 2 fully saturated rings. The number of nitrogens with zero attached hydrogens (tertiary/aromatic N) is 6. The molecule has 4 heterocycles. The van der Waals surface area contributed by atoms with E-state index in [0.717, 1.165) is 30.3 Å². The van der Waals surface area contributed by atoms with Crippen LogP contribution in [0.15, 0.2) is 37.0 Å². The molecule has 242 valence electrons. The number of piperidine rings is 1. The van der Waals surface area contributed by atoms with E-state index < -0.39 is 41.0 Å². The Bertz CT molecular complexity index is 2110. The number of ketones is 1. The van der Waals surface area contributed by atoms with Gasteiger partial charge in [-0.15, -0.1) is 5.92 Å². The number of rotatable bonds is 7. The molecule has 1 saturated carbocycles. The number of carbonyl (C=O) groups excluding carboxylic acids is 2. The number of aryl methyl sites for hydroxylation is 1. The molecular weight excluding hydrogens is 594 g/mol. The molecule has 46 heavy (non-hydrogen) atoms. The Labute approximate surface area is 263 Å². The summed E-state index contributed by atoms with van der Waals surface area (Å²) in [5, 5.41) is 2.94. The zero-order valence-electron chi connectivity index (χ0n) is 26.6. The molecule has 0 unspecified atom stereocenters. The number of carbonyl (C=O) groups is 2. The van der Waals surface area contributed by atoms with Gasteiger partial charge in [-0.2, -0.15) is 4.98 Å². The van der Waals surface area contributed by atoms with Gasteiger partial charge in [0.1, 0.15) is 5.60 Å². The second-order valence-electron chi connectivity index (χ2n) is 12.8. The maximum atomic E-state index is 14.2. The van der Waals surface area contributed by atoms with Crippen molar-refractivity contribution in [3.63, 3.8) is 0 Å². The van der Waals surface area contributed by atoms with Crippen molar-refractivity contribution < 1.29 is 18.7 Å². The predicted octanol–water partition coefficient (Wildman–Crippen LogP) is 2.54. The van der Waals surface area contributed by atoms with Gasteiger partial charge in [0.05, 0.1) is 24.2 Å². The normalized spacial score (nSPS) is 16.8. The summed E-state index contributed by atoms with van der Waals surface area (Å²) in [6.45, 7) is 7.70. The van der Waals surface area contributed by atoms with Gasteiger partial charge in [0.15, 0.2) is 22.5 Å². The van der Waals surface area contributed by atoms with Crippen molar-refractivity contribution in [3.05, 3.63) is 55.2 Å². The Morgan fingerprint density at radius 2 is 1.89 bits per heavy atom. The summed E-state index contributed by atoms with van der Waals surface area (Å²) < 4.78 is 16.2.